The van der Waals surface area contributed by atoms with E-state index in [1.807, 2.05) is 0 Å². The number of aromatic nitrogens is 1. The number of hydrogen-bond donors (Lipinski definition) is 3. The molecule has 1 aliphatic carbocycles. The molecule has 0 spiro atoms. The van der Waals surface area contributed by atoms with E-state index in [0.29, 0.717) is 30.2 Å². The number of fused-ring (bicyclic) bond motifs is 1. The molecule has 0 radical (unpaired) electrons. The Kier molecular flexibility index (Phi) is 6.94. The second kappa shape index (κ2) is 9.67. The molecule has 3 N–H and O–H groups in total. The molecule has 2 aliphatic rings. The Labute approximate surface area is 204 Å². The highest BCUT2D eigenvalue weighted by Gasteiger charge is 2.35. The summed E-state index contributed by atoms with van der Waals surface area (Å²) < 4.78 is 67.0. The molecule has 0 saturated heterocycles. The minimum absolute atomic E-state index is 0.0955. The summed E-state index contributed by atoms with van der Waals surface area (Å²) in [6.45, 7) is 2.43. The number of carbonyl (C=O) groups is 1. The van der Waals surface area contributed by atoms with E-state index in [4.69, 9.17) is 0 Å². The summed E-state index contributed by atoms with van der Waals surface area (Å²) in [5, 5.41) is 16.3. The number of carbonyl (C=O) groups excluding carboxylic acids is 1. The fourth-order valence-corrected chi connectivity index (χ4v) is 4.75. The molecule has 194 valence electrons. The Morgan fingerprint density at radius 1 is 1.14 bits per heavy atom. The van der Waals surface area contributed by atoms with Crippen molar-refractivity contribution in [2.24, 2.45) is 4.99 Å². The van der Waals surface area contributed by atoms with Gasteiger partial charge >= 0.3 is 6.18 Å². The van der Waals surface area contributed by atoms with Gasteiger partial charge < -0.3 is 15.7 Å². The summed E-state index contributed by atoms with van der Waals surface area (Å²) in [4.78, 5) is 20.6. The van der Waals surface area contributed by atoms with Crippen molar-refractivity contribution in [2.45, 2.75) is 76.2 Å². The van der Waals surface area contributed by atoms with Crippen LogP contribution in [-0.2, 0) is 11.0 Å². The summed E-state index contributed by atoms with van der Waals surface area (Å²) in [6, 6.07) is 3.65. The lowest BCUT2D eigenvalue weighted by atomic mass is 9.90. The van der Waals surface area contributed by atoms with Crippen LogP contribution in [0.5, 0.6) is 5.75 Å². The Morgan fingerprint density at radius 3 is 2.56 bits per heavy atom. The lowest BCUT2D eigenvalue weighted by molar-refractivity contribution is -0.140. The van der Waals surface area contributed by atoms with E-state index in [-0.39, 0.29) is 34.6 Å². The summed E-state index contributed by atoms with van der Waals surface area (Å²) in [5.74, 6) is -3.40. The van der Waals surface area contributed by atoms with E-state index in [9.17, 15) is 31.9 Å². The Morgan fingerprint density at radius 2 is 1.86 bits per heavy atom. The van der Waals surface area contributed by atoms with E-state index in [0.717, 1.165) is 19.4 Å². The minimum atomic E-state index is -4.64. The molecule has 2 aromatic rings. The topological polar surface area (TPSA) is 86.6 Å². The monoisotopic (exact) mass is 510 g/mol. The summed E-state index contributed by atoms with van der Waals surface area (Å²) in [7, 11) is 0. The molecule has 11 heteroatoms. The zero-order valence-corrected chi connectivity index (χ0v) is 19.8. The van der Waals surface area contributed by atoms with Gasteiger partial charge in [0.2, 0.25) is 5.92 Å². The number of pyridine rings is 1. The highest BCUT2D eigenvalue weighted by atomic mass is 19.4. The van der Waals surface area contributed by atoms with Crippen LogP contribution < -0.4 is 10.6 Å². The first-order valence-electron chi connectivity index (χ1n) is 11.7. The molecule has 2 unspecified atom stereocenters. The molecular weight excluding hydrogens is 483 g/mol. The lowest BCUT2D eigenvalue weighted by Crippen LogP contribution is -2.42. The second-order valence-electron chi connectivity index (χ2n) is 9.60. The van der Waals surface area contributed by atoms with Crippen LogP contribution in [0.1, 0.15) is 51.6 Å². The molecule has 3 atom stereocenters. The number of hydrogen-bond acceptors (Lipinski definition) is 5. The number of aromatic hydroxyl groups is 1. The smallest absolute Gasteiger partial charge is 0.433 e. The van der Waals surface area contributed by atoms with Crippen molar-refractivity contribution in [3.8, 4) is 5.75 Å². The third-order valence-corrected chi connectivity index (χ3v) is 6.56. The molecular formula is C25H27F5N4O2. The van der Waals surface area contributed by atoms with Gasteiger partial charge in [0.1, 0.15) is 11.4 Å². The highest BCUT2D eigenvalue weighted by molar-refractivity contribution is 6.14. The number of phenolic OH excluding ortho intramolecular Hbond substituents is 1. The van der Waals surface area contributed by atoms with E-state index in [1.54, 1.807) is 6.92 Å². The SMILES string of the molecule is CC1=C(C(=O)NC2CCC[C@H](Nc3cc(C(F)(F)F)nc4ccc(O)cc34)C2)C=NC1CC(C)(F)F. The molecule has 4 rings (SSSR count). The van der Waals surface area contributed by atoms with Gasteiger partial charge in [-0.1, -0.05) is 0 Å². The number of nitrogens with zero attached hydrogens (tertiary/aromatic N) is 2. The van der Waals surface area contributed by atoms with E-state index < -0.39 is 36.2 Å². The quantitative estimate of drug-likeness (QED) is 0.441. The third-order valence-electron chi connectivity index (χ3n) is 6.56. The first kappa shape index (κ1) is 25.8. The van der Waals surface area contributed by atoms with Crippen molar-refractivity contribution in [3.05, 3.63) is 41.1 Å². The normalized spacial score (nSPS) is 22.8. The van der Waals surface area contributed by atoms with Crippen molar-refractivity contribution < 1.29 is 31.9 Å². The highest BCUT2D eigenvalue weighted by Crippen LogP contribution is 2.36. The van der Waals surface area contributed by atoms with Crippen LogP contribution in [0.15, 0.2) is 40.4 Å². The Hall–Kier alpha value is -3.24. The van der Waals surface area contributed by atoms with Gasteiger partial charge in [-0.25, -0.2) is 13.8 Å². The number of amides is 1. The second-order valence-corrected chi connectivity index (χ2v) is 9.60. The summed E-state index contributed by atoms with van der Waals surface area (Å²) in [6.07, 6.45) is -1.26. The molecule has 1 aromatic heterocycles. The maximum absolute atomic E-state index is 13.4. The van der Waals surface area contributed by atoms with E-state index >= 15 is 0 Å². The number of rotatable bonds is 6. The molecule has 2 heterocycles. The molecule has 6 nitrogen and oxygen atoms in total. The van der Waals surface area contributed by atoms with Gasteiger partial charge in [-0.05, 0) is 69.4 Å². The molecule has 1 amide bonds. The molecule has 36 heavy (non-hydrogen) atoms. The van der Waals surface area contributed by atoms with Crippen LogP contribution in [0, 0.1) is 0 Å². The largest absolute Gasteiger partial charge is 0.508 e. The third kappa shape index (κ3) is 5.93. The molecule has 1 saturated carbocycles. The Balaban J connectivity index is 1.48. The standard InChI is InChI=1S/C25H27F5N4O2/c1-13-18(12-31-21(13)11-24(2,26)27)23(36)33-15-5-3-4-14(8-15)32-20-10-22(25(28,29)30)34-19-7-6-16(35)9-17(19)20/h6-7,9-10,12,14-15,21,35H,3-5,8,11H2,1-2H3,(H,32,34)(H,33,36)/t14-,15?,21?/m0/s1. The molecule has 1 aromatic carbocycles. The summed E-state index contributed by atoms with van der Waals surface area (Å²) in [5.41, 5.74) is 0.0111. The van der Waals surface area contributed by atoms with Gasteiger partial charge in [0.05, 0.1) is 17.1 Å². The first-order chi connectivity index (χ1) is 16.8. The van der Waals surface area contributed by atoms with Crippen LogP contribution in [0.25, 0.3) is 10.9 Å². The fourth-order valence-electron chi connectivity index (χ4n) is 4.75. The Bertz CT molecular complexity index is 1220. The number of halogens is 5. The van der Waals surface area contributed by atoms with Crippen LogP contribution in [-0.4, -0.2) is 46.3 Å². The molecule has 0 bridgehead atoms. The minimum Gasteiger partial charge on any atom is -0.508 e. The van der Waals surface area contributed by atoms with Crippen LogP contribution >= 0.6 is 0 Å². The van der Waals surface area contributed by atoms with Crippen molar-refractivity contribution in [2.75, 3.05) is 5.32 Å². The van der Waals surface area contributed by atoms with Crippen molar-refractivity contribution in [1.82, 2.24) is 10.3 Å². The van der Waals surface area contributed by atoms with E-state index in [1.165, 1.54) is 24.4 Å². The zero-order valence-electron chi connectivity index (χ0n) is 19.8. The predicted octanol–water partition coefficient (Wildman–Crippen LogP) is 5.61. The van der Waals surface area contributed by atoms with Crippen molar-refractivity contribution in [3.63, 3.8) is 0 Å². The average molecular weight is 511 g/mol. The van der Waals surface area contributed by atoms with Gasteiger partial charge in [-0.15, -0.1) is 0 Å². The van der Waals surface area contributed by atoms with Gasteiger partial charge in [0.25, 0.3) is 5.91 Å². The first-order valence-corrected chi connectivity index (χ1v) is 11.7. The number of alkyl halides is 5. The average Bonchev–Trinajstić information content (AvgIpc) is 3.12. The van der Waals surface area contributed by atoms with Gasteiger partial charge in [-0.2, -0.15) is 13.2 Å². The fraction of sp³-hybridized carbons (Fsp3) is 0.480. The lowest BCUT2D eigenvalue weighted by Gasteiger charge is -2.31. The maximum atomic E-state index is 13.4. The summed E-state index contributed by atoms with van der Waals surface area (Å²) >= 11 is 0. The number of aliphatic imine (C=N–C) groups is 1. The molecule has 1 aliphatic heterocycles. The van der Waals surface area contributed by atoms with Crippen molar-refractivity contribution in [1.29, 1.82) is 0 Å². The van der Waals surface area contributed by atoms with E-state index in [2.05, 4.69) is 20.6 Å². The van der Waals surface area contributed by atoms with Crippen LogP contribution in [0.4, 0.5) is 27.6 Å². The maximum Gasteiger partial charge on any atom is 0.433 e. The number of phenols is 1. The number of anilines is 1. The van der Waals surface area contributed by atoms with Crippen molar-refractivity contribution >= 4 is 28.7 Å². The molecule has 1 fully saturated rings. The van der Waals surface area contributed by atoms with Gasteiger partial charge in [-0.3, -0.25) is 9.79 Å². The van der Waals surface area contributed by atoms with Gasteiger partial charge in [0, 0.05) is 35.8 Å². The van der Waals surface area contributed by atoms with Crippen LogP contribution in [0.3, 0.4) is 0 Å². The van der Waals surface area contributed by atoms with Crippen LogP contribution in [0.2, 0.25) is 0 Å². The number of benzene rings is 1. The number of nitrogens with one attached hydrogen (secondary N) is 2. The van der Waals surface area contributed by atoms with Gasteiger partial charge in [0.15, 0.2) is 0 Å². The predicted molar refractivity (Wildman–Crippen MR) is 126 cm³/mol. The zero-order chi connectivity index (χ0) is 26.3.